The second kappa shape index (κ2) is 8.68. The number of imidazole rings is 1. The van der Waals surface area contributed by atoms with Crippen molar-refractivity contribution in [2.75, 3.05) is 4.90 Å². The van der Waals surface area contributed by atoms with E-state index in [1.165, 1.54) is 0 Å². The van der Waals surface area contributed by atoms with Crippen LogP contribution in [0.2, 0.25) is 0 Å². The number of hydrogen-bond acceptors (Lipinski definition) is 3. The molecule has 4 nitrogen and oxygen atoms in total. The van der Waals surface area contributed by atoms with Gasteiger partial charge in [0, 0.05) is 35.0 Å². The zero-order valence-corrected chi connectivity index (χ0v) is 18.5. The lowest BCUT2D eigenvalue weighted by Gasteiger charge is -2.25. The predicted octanol–water partition coefficient (Wildman–Crippen LogP) is 7.53. The van der Waals surface area contributed by atoms with Gasteiger partial charge in [0.2, 0.25) is 0 Å². The summed E-state index contributed by atoms with van der Waals surface area (Å²) >= 11 is 0. The first-order valence-corrected chi connectivity index (χ1v) is 11.3. The molecule has 0 unspecified atom stereocenters. The number of fused-ring (bicyclic) bond motifs is 1. The summed E-state index contributed by atoms with van der Waals surface area (Å²) in [4.78, 5) is 11.8. The average Bonchev–Trinajstić information content (AvgIpc) is 3.31. The minimum absolute atomic E-state index is 0.869. The summed E-state index contributed by atoms with van der Waals surface area (Å²) in [7, 11) is 0. The molecule has 0 radical (unpaired) electrons. The summed E-state index contributed by atoms with van der Waals surface area (Å²) in [5, 5.41) is 0. The SMILES string of the molecule is c1ccc(N(c2ccccc2)c2ccc(-c3nc(-c4ccccn4)c4ccccn34)cc2)cc1. The van der Waals surface area contributed by atoms with Gasteiger partial charge in [-0.05, 0) is 72.8 Å². The first-order valence-electron chi connectivity index (χ1n) is 11.3. The van der Waals surface area contributed by atoms with Crippen LogP contribution >= 0.6 is 0 Å². The molecule has 0 saturated carbocycles. The van der Waals surface area contributed by atoms with E-state index in [4.69, 9.17) is 4.98 Å². The minimum Gasteiger partial charge on any atom is -0.311 e. The maximum Gasteiger partial charge on any atom is 0.145 e. The molecule has 34 heavy (non-hydrogen) atoms. The first kappa shape index (κ1) is 19.9. The monoisotopic (exact) mass is 438 g/mol. The Morgan fingerprint density at radius 3 is 1.82 bits per heavy atom. The van der Waals surface area contributed by atoms with E-state index >= 15 is 0 Å². The van der Waals surface area contributed by atoms with Crippen LogP contribution in [0.5, 0.6) is 0 Å². The van der Waals surface area contributed by atoms with Gasteiger partial charge >= 0.3 is 0 Å². The van der Waals surface area contributed by atoms with Gasteiger partial charge in [0.05, 0.1) is 11.2 Å². The van der Waals surface area contributed by atoms with Crippen molar-refractivity contribution in [2.45, 2.75) is 0 Å². The molecule has 0 N–H and O–H groups in total. The van der Waals surface area contributed by atoms with E-state index in [0.29, 0.717) is 0 Å². The third-order valence-corrected chi connectivity index (χ3v) is 5.87. The molecule has 0 bridgehead atoms. The van der Waals surface area contributed by atoms with Crippen molar-refractivity contribution in [3.8, 4) is 22.8 Å². The molecule has 0 atom stereocenters. The molecule has 3 heterocycles. The number of nitrogens with zero attached hydrogens (tertiary/aromatic N) is 4. The second-order valence-electron chi connectivity index (χ2n) is 8.01. The number of aromatic nitrogens is 3. The van der Waals surface area contributed by atoms with E-state index in [1.807, 2.05) is 42.5 Å². The van der Waals surface area contributed by atoms with Crippen LogP contribution in [0.25, 0.3) is 28.3 Å². The molecule has 6 rings (SSSR count). The lowest BCUT2D eigenvalue weighted by Crippen LogP contribution is -2.09. The third kappa shape index (κ3) is 3.61. The number of anilines is 3. The number of para-hydroxylation sites is 2. The largest absolute Gasteiger partial charge is 0.311 e. The van der Waals surface area contributed by atoms with E-state index in [-0.39, 0.29) is 0 Å². The fourth-order valence-electron chi connectivity index (χ4n) is 4.29. The highest BCUT2D eigenvalue weighted by molar-refractivity contribution is 5.81. The lowest BCUT2D eigenvalue weighted by molar-refractivity contribution is 1.16. The molecule has 162 valence electrons. The van der Waals surface area contributed by atoms with Gasteiger partial charge in [-0.15, -0.1) is 0 Å². The summed E-state index contributed by atoms with van der Waals surface area (Å²) in [5.74, 6) is 0.897. The fourth-order valence-corrected chi connectivity index (χ4v) is 4.29. The Morgan fingerprint density at radius 2 is 1.18 bits per heavy atom. The van der Waals surface area contributed by atoms with E-state index in [9.17, 15) is 0 Å². The van der Waals surface area contributed by atoms with Crippen LogP contribution < -0.4 is 4.90 Å². The normalized spacial score (nSPS) is 10.9. The zero-order chi connectivity index (χ0) is 22.7. The summed E-state index contributed by atoms with van der Waals surface area (Å²) in [5.41, 5.74) is 7.16. The number of benzene rings is 3. The highest BCUT2D eigenvalue weighted by Crippen LogP contribution is 2.36. The van der Waals surface area contributed by atoms with Gasteiger partial charge in [-0.3, -0.25) is 9.38 Å². The van der Waals surface area contributed by atoms with Gasteiger partial charge in [0.1, 0.15) is 11.5 Å². The minimum atomic E-state index is 0.869. The highest BCUT2D eigenvalue weighted by atomic mass is 15.1. The Bertz CT molecular complexity index is 1480. The first-order chi connectivity index (χ1) is 16.9. The van der Waals surface area contributed by atoms with Crippen molar-refractivity contribution in [3.63, 3.8) is 0 Å². The van der Waals surface area contributed by atoms with Gasteiger partial charge in [-0.25, -0.2) is 4.98 Å². The van der Waals surface area contributed by atoms with Crippen LogP contribution in [0.3, 0.4) is 0 Å². The fraction of sp³-hybridized carbons (Fsp3) is 0. The quantitative estimate of drug-likeness (QED) is 0.279. The van der Waals surface area contributed by atoms with Crippen LogP contribution in [0, 0.1) is 0 Å². The Kier molecular flexibility index (Phi) is 5.09. The van der Waals surface area contributed by atoms with Gasteiger partial charge in [0.25, 0.3) is 0 Å². The number of rotatable bonds is 5. The maximum absolute atomic E-state index is 5.01. The van der Waals surface area contributed by atoms with Crippen molar-refractivity contribution >= 4 is 22.6 Å². The highest BCUT2D eigenvalue weighted by Gasteiger charge is 2.16. The summed E-state index contributed by atoms with van der Waals surface area (Å²) in [6.45, 7) is 0. The van der Waals surface area contributed by atoms with Crippen molar-refractivity contribution in [2.24, 2.45) is 0 Å². The van der Waals surface area contributed by atoms with E-state index in [2.05, 4.69) is 99.3 Å². The molecule has 0 saturated heterocycles. The van der Waals surface area contributed by atoms with Crippen molar-refractivity contribution < 1.29 is 0 Å². The standard InChI is InChI=1S/C30H22N4/c1-3-11-24(12-4-1)34(25-13-5-2-6-14-25)26-19-17-23(18-20-26)30-32-29(27-15-7-9-21-31-27)28-16-8-10-22-33(28)30/h1-22H. The van der Waals surface area contributed by atoms with Gasteiger partial charge < -0.3 is 4.90 Å². The lowest BCUT2D eigenvalue weighted by atomic mass is 10.1. The molecule has 3 aromatic carbocycles. The van der Waals surface area contributed by atoms with Gasteiger partial charge in [0.15, 0.2) is 0 Å². The molecular formula is C30H22N4. The van der Waals surface area contributed by atoms with Gasteiger partial charge in [-0.1, -0.05) is 48.5 Å². The Labute approximate surface area is 198 Å². The molecule has 0 amide bonds. The second-order valence-corrected chi connectivity index (χ2v) is 8.01. The van der Waals surface area contributed by atoms with Crippen LogP contribution in [-0.4, -0.2) is 14.4 Å². The van der Waals surface area contributed by atoms with Crippen molar-refractivity contribution in [3.05, 3.63) is 134 Å². The van der Waals surface area contributed by atoms with E-state index in [1.54, 1.807) is 6.20 Å². The molecule has 0 spiro atoms. The summed E-state index contributed by atoms with van der Waals surface area (Å²) < 4.78 is 2.13. The number of pyridine rings is 2. The zero-order valence-electron chi connectivity index (χ0n) is 18.5. The van der Waals surface area contributed by atoms with E-state index < -0.39 is 0 Å². The maximum atomic E-state index is 5.01. The Balaban J connectivity index is 1.44. The third-order valence-electron chi connectivity index (χ3n) is 5.87. The summed E-state index contributed by atoms with van der Waals surface area (Å²) in [6, 6.07) is 41.5. The van der Waals surface area contributed by atoms with Crippen LogP contribution in [0.4, 0.5) is 17.1 Å². The Hall–Kier alpha value is -4.70. The molecule has 0 aliphatic heterocycles. The van der Waals surface area contributed by atoms with Gasteiger partial charge in [-0.2, -0.15) is 0 Å². The molecule has 6 aromatic rings. The molecule has 0 aliphatic carbocycles. The average molecular weight is 439 g/mol. The molecular weight excluding hydrogens is 416 g/mol. The molecule has 4 heteroatoms. The van der Waals surface area contributed by atoms with Crippen LogP contribution in [-0.2, 0) is 0 Å². The molecule has 0 fully saturated rings. The molecule has 3 aromatic heterocycles. The number of hydrogen-bond donors (Lipinski definition) is 0. The molecule has 0 aliphatic rings. The topological polar surface area (TPSA) is 33.4 Å². The van der Waals surface area contributed by atoms with Crippen molar-refractivity contribution in [1.82, 2.24) is 14.4 Å². The summed E-state index contributed by atoms with van der Waals surface area (Å²) in [6.07, 6.45) is 3.86. The van der Waals surface area contributed by atoms with Crippen molar-refractivity contribution in [1.29, 1.82) is 0 Å². The Morgan fingerprint density at radius 1 is 0.559 bits per heavy atom. The van der Waals surface area contributed by atoms with Crippen LogP contribution in [0.15, 0.2) is 134 Å². The predicted molar refractivity (Wildman–Crippen MR) is 139 cm³/mol. The smallest absolute Gasteiger partial charge is 0.145 e. The van der Waals surface area contributed by atoms with Crippen LogP contribution in [0.1, 0.15) is 0 Å². The van der Waals surface area contributed by atoms with E-state index in [0.717, 1.165) is 45.4 Å².